The lowest BCUT2D eigenvalue weighted by atomic mass is 10.2. The zero-order chi connectivity index (χ0) is 28.9. The Morgan fingerprint density at radius 2 is 1.93 bits per heavy atom. The molecule has 3 aromatic rings. The summed E-state index contributed by atoms with van der Waals surface area (Å²) in [5.41, 5.74) is 1.33. The Labute approximate surface area is 245 Å². The van der Waals surface area contributed by atoms with Gasteiger partial charge >= 0.3 is 0 Å². The van der Waals surface area contributed by atoms with Crippen molar-refractivity contribution in [2.24, 2.45) is 17.8 Å². The van der Waals surface area contributed by atoms with E-state index in [1.807, 2.05) is 16.3 Å². The number of thiazole rings is 1. The fraction of sp³-hybridized carbons (Fsp3) is 0.444. The molecule has 2 unspecified atom stereocenters. The average molecular weight is 620 g/mol. The number of nitrogens with one attached hydrogen (secondary N) is 1. The normalized spacial score (nSPS) is 22.4. The smallest absolute Gasteiger partial charge is 0.268 e. The van der Waals surface area contributed by atoms with Crippen LogP contribution in [0.4, 0.5) is 20.9 Å². The number of hydrogen-bond donors (Lipinski definition) is 1. The van der Waals surface area contributed by atoms with Crippen LogP contribution in [0.25, 0.3) is 0 Å². The highest BCUT2D eigenvalue weighted by Gasteiger charge is 2.58. The molecule has 4 heterocycles. The van der Waals surface area contributed by atoms with Crippen LogP contribution in [0.5, 0.6) is 0 Å². The maximum absolute atomic E-state index is 15.3. The zero-order valence-electron chi connectivity index (χ0n) is 22.6. The molecule has 10 nitrogen and oxygen atoms in total. The first-order chi connectivity index (χ1) is 19.6. The van der Waals surface area contributed by atoms with Gasteiger partial charge in [-0.3, -0.25) is 9.59 Å². The van der Waals surface area contributed by atoms with E-state index in [1.165, 1.54) is 28.6 Å². The molecule has 6 rings (SSSR count). The van der Waals surface area contributed by atoms with Crippen molar-refractivity contribution in [3.63, 3.8) is 0 Å². The summed E-state index contributed by atoms with van der Waals surface area (Å²) in [5.74, 6) is -0.595. The number of aromatic nitrogens is 1. The molecule has 3 aliphatic rings. The Bertz CT molecular complexity index is 1560. The maximum Gasteiger partial charge on any atom is 0.268 e. The second-order valence-corrected chi connectivity index (χ2v) is 14.6. The molecular formula is C27H30FN5O5S3. The van der Waals surface area contributed by atoms with Crippen molar-refractivity contribution < 1.29 is 27.1 Å². The molecule has 0 bridgehead atoms. The van der Waals surface area contributed by atoms with Gasteiger partial charge in [0.25, 0.3) is 15.9 Å². The molecule has 2 aromatic heterocycles. The van der Waals surface area contributed by atoms with E-state index < -0.39 is 10.0 Å². The summed E-state index contributed by atoms with van der Waals surface area (Å²) in [6, 6.07) is 8.50. The van der Waals surface area contributed by atoms with Crippen LogP contribution in [-0.4, -0.2) is 75.5 Å². The number of piperidine rings is 1. The topological polar surface area (TPSA) is 112 Å². The third-order valence-corrected chi connectivity index (χ3v) is 12.3. The highest BCUT2D eigenvalue weighted by molar-refractivity contribution is 7.91. The minimum Gasteiger partial charge on any atom is -0.378 e. The van der Waals surface area contributed by atoms with Gasteiger partial charge < -0.3 is 19.9 Å². The highest BCUT2D eigenvalue weighted by atomic mass is 32.2. The van der Waals surface area contributed by atoms with Crippen LogP contribution in [0.15, 0.2) is 39.9 Å². The number of aryl methyl sites for hydroxylation is 1. The van der Waals surface area contributed by atoms with Gasteiger partial charge in [-0.15, -0.1) is 11.3 Å². The molecule has 1 N–H and O–H groups in total. The van der Waals surface area contributed by atoms with Gasteiger partial charge in [-0.25, -0.2) is 17.8 Å². The van der Waals surface area contributed by atoms with Crippen LogP contribution in [0.3, 0.4) is 0 Å². The summed E-state index contributed by atoms with van der Waals surface area (Å²) in [6.07, 6.45) is 0. The van der Waals surface area contributed by atoms with Crippen molar-refractivity contribution in [1.82, 2.24) is 9.29 Å². The van der Waals surface area contributed by atoms with Gasteiger partial charge in [-0.05, 0) is 54.3 Å². The molecule has 0 radical (unpaired) electrons. The summed E-state index contributed by atoms with van der Waals surface area (Å²) in [7, 11) is -3.77. The number of fused-ring (bicyclic) bond motifs is 1. The lowest BCUT2D eigenvalue weighted by Crippen LogP contribution is -2.37. The number of morpholine rings is 1. The number of hydrogen-bond acceptors (Lipinski definition) is 9. The number of thiophene rings is 1. The van der Waals surface area contributed by atoms with E-state index >= 15 is 4.39 Å². The van der Waals surface area contributed by atoms with Gasteiger partial charge in [0.15, 0.2) is 9.34 Å². The maximum atomic E-state index is 15.3. The minimum atomic E-state index is -3.77. The quantitative estimate of drug-likeness (QED) is 0.410. The highest BCUT2D eigenvalue weighted by Crippen LogP contribution is 2.54. The second-order valence-electron chi connectivity index (χ2n) is 10.5. The molecule has 1 saturated carbocycles. The Morgan fingerprint density at radius 3 is 2.56 bits per heavy atom. The van der Waals surface area contributed by atoms with Crippen molar-refractivity contribution in [2.45, 2.75) is 18.1 Å². The van der Waals surface area contributed by atoms with Crippen LogP contribution in [0.2, 0.25) is 0 Å². The van der Waals surface area contributed by atoms with Crippen molar-refractivity contribution in [3.8, 4) is 0 Å². The van der Waals surface area contributed by atoms with Crippen molar-refractivity contribution in [3.05, 3.63) is 52.1 Å². The minimum absolute atomic E-state index is 0.101. The molecular weight excluding hydrogens is 590 g/mol. The summed E-state index contributed by atoms with van der Waals surface area (Å²) in [4.78, 5) is 33.3. The summed E-state index contributed by atoms with van der Waals surface area (Å²) in [5, 5.41) is 4.64. The number of ether oxygens (including phenoxy) is 1. The molecule has 2 saturated heterocycles. The standard InChI is InChI=1S/C27H30FN5O5S3/c1-16-26(40-27(29-16)30-17(2)34)41(36,37)32-13-19-20(14-32)21(19)15-33(25(35)24-4-3-11-39-24)18-5-6-23(22(28)12-18)31-7-9-38-10-8-31/h3-6,11-12,19-21H,7-10,13-15H2,1-2H3,(H,29,30,34). The molecule has 2 atom stereocenters. The Hall–Kier alpha value is -2.91. The molecule has 0 spiro atoms. The third kappa shape index (κ3) is 5.50. The number of nitrogens with zero attached hydrogens (tertiary/aromatic N) is 4. The van der Waals surface area contributed by atoms with Crippen LogP contribution in [-0.2, 0) is 19.6 Å². The van der Waals surface area contributed by atoms with E-state index in [1.54, 1.807) is 30.0 Å². The van der Waals surface area contributed by atoms with E-state index in [2.05, 4.69) is 10.3 Å². The van der Waals surface area contributed by atoms with Gasteiger partial charge in [0.1, 0.15) is 5.82 Å². The van der Waals surface area contributed by atoms with Gasteiger partial charge in [0.05, 0.1) is 29.5 Å². The number of halogens is 1. The lowest BCUT2D eigenvalue weighted by Gasteiger charge is -2.30. The van der Waals surface area contributed by atoms with Crippen molar-refractivity contribution in [2.75, 3.05) is 61.1 Å². The predicted octanol–water partition coefficient (Wildman–Crippen LogP) is 3.66. The van der Waals surface area contributed by atoms with E-state index in [-0.39, 0.29) is 44.7 Å². The number of sulfonamides is 1. The first-order valence-electron chi connectivity index (χ1n) is 13.4. The van der Waals surface area contributed by atoms with Crippen LogP contribution >= 0.6 is 22.7 Å². The number of rotatable bonds is 8. The van der Waals surface area contributed by atoms with E-state index in [9.17, 15) is 18.0 Å². The lowest BCUT2D eigenvalue weighted by molar-refractivity contribution is -0.114. The average Bonchev–Trinajstić information content (AvgIpc) is 3.44. The first kappa shape index (κ1) is 28.2. The Kier molecular flexibility index (Phi) is 7.61. The predicted molar refractivity (Wildman–Crippen MR) is 156 cm³/mol. The number of carbonyl (C=O) groups is 2. The van der Waals surface area contributed by atoms with Crippen LogP contribution in [0, 0.1) is 30.5 Å². The molecule has 3 fully saturated rings. The first-order valence-corrected chi connectivity index (χ1v) is 16.5. The SMILES string of the molecule is CC(=O)Nc1nc(C)c(S(=O)(=O)N2CC3C(CN(C(=O)c4cccs4)c4ccc(N5CCOCC5)c(F)c4)C3C2)s1. The Morgan fingerprint density at radius 1 is 1.20 bits per heavy atom. The van der Waals surface area contributed by atoms with Crippen molar-refractivity contribution in [1.29, 1.82) is 0 Å². The fourth-order valence-electron chi connectivity index (χ4n) is 5.79. The third-order valence-electron chi connectivity index (χ3n) is 7.91. The van der Waals surface area contributed by atoms with E-state index in [0.717, 1.165) is 11.3 Å². The Balaban J connectivity index is 1.18. The molecule has 2 aliphatic heterocycles. The number of amides is 2. The fourth-order valence-corrected chi connectivity index (χ4v) is 9.58. The molecule has 41 heavy (non-hydrogen) atoms. The van der Waals surface area contributed by atoms with Gasteiger partial charge in [-0.2, -0.15) is 4.31 Å². The molecule has 2 amide bonds. The van der Waals surface area contributed by atoms with E-state index in [4.69, 9.17) is 4.74 Å². The van der Waals surface area contributed by atoms with Gasteiger partial charge in [0, 0.05) is 45.3 Å². The largest absolute Gasteiger partial charge is 0.378 e. The second kappa shape index (κ2) is 11.1. The van der Waals surface area contributed by atoms with Crippen molar-refractivity contribution >= 4 is 61.0 Å². The van der Waals surface area contributed by atoms with Gasteiger partial charge in [-0.1, -0.05) is 17.4 Å². The molecule has 218 valence electrons. The van der Waals surface area contributed by atoms with Gasteiger partial charge in [0.2, 0.25) is 5.91 Å². The summed E-state index contributed by atoms with van der Waals surface area (Å²) < 4.78 is 49.1. The number of benzene rings is 1. The molecule has 14 heteroatoms. The van der Waals surface area contributed by atoms with E-state index in [0.29, 0.717) is 67.9 Å². The van der Waals surface area contributed by atoms with Crippen LogP contribution < -0.4 is 15.1 Å². The number of anilines is 3. The van der Waals surface area contributed by atoms with Crippen LogP contribution in [0.1, 0.15) is 22.3 Å². The zero-order valence-corrected chi connectivity index (χ0v) is 25.0. The monoisotopic (exact) mass is 619 g/mol. The molecule has 1 aliphatic carbocycles. The summed E-state index contributed by atoms with van der Waals surface area (Å²) >= 11 is 2.29. The summed E-state index contributed by atoms with van der Waals surface area (Å²) in [6.45, 7) is 6.32. The number of carbonyl (C=O) groups excluding carboxylic acids is 2. The molecule has 1 aromatic carbocycles.